The number of carbonyl (C=O) groups excluding carboxylic acids is 1. The van der Waals surface area contributed by atoms with Crippen LogP contribution in [0.4, 0.5) is 0 Å². The minimum atomic E-state index is -0.111. The van der Waals surface area contributed by atoms with Crippen molar-refractivity contribution in [2.45, 2.75) is 19.8 Å². The minimum Gasteiger partial charge on any atom is -0.279 e. The van der Waals surface area contributed by atoms with Crippen molar-refractivity contribution < 1.29 is 4.79 Å². The van der Waals surface area contributed by atoms with Crippen LogP contribution in [0.15, 0.2) is 22.8 Å². The zero-order chi connectivity index (χ0) is 11.5. The zero-order valence-electron chi connectivity index (χ0n) is 8.88. The number of ketones is 1. The Bertz CT molecular complexity index is 535. The van der Waals surface area contributed by atoms with Crippen LogP contribution in [0, 0.1) is 11.8 Å². The van der Waals surface area contributed by atoms with E-state index in [1.165, 1.54) is 0 Å². The molecule has 1 aromatic heterocycles. The van der Waals surface area contributed by atoms with Gasteiger partial charge in [-0.1, -0.05) is 18.9 Å². The van der Waals surface area contributed by atoms with Gasteiger partial charge >= 0.3 is 0 Å². The van der Waals surface area contributed by atoms with E-state index in [9.17, 15) is 4.79 Å². The number of carbonyl (C=O) groups is 1. The first kappa shape index (κ1) is 11.1. The normalized spacial score (nSPS) is 12.5. The van der Waals surface area contributed by atoms with Gasteiger partial charge in [-0.05, 0) is 27.9 Å². The monoisotopic (exact) mass is 275 g/mol. The molecular formula is C13H10BrNO. The first-order valence-corrected chi connectivity index (χ1v) is 5.90. The molecular weight excluding hydrogens is 266 g/mol. The summed E-state index contributed by atoms with van der Waals surface area (Å²) >= 11 is 3.36. The maximum absolute atomic E-state index is 11.8. The number of pyridine rings is 1. The van der Waals surface area contributed by atoms with Gasteiger partial charge in [0.2, 0.25) is 5.78 Å². The van der Waals surface area contributed by atoms with Crippen LogP contribution in [0.2, 0.25) is 0 Å². The molecule has 1 aromatic rings. The van der Waals surface area contributed by atoms with Crippen molar-refractivity contribution in [3.05, 3.63) is 34.1 Å². The lowest BCUT2D eigenvalue weighted by Crippen LogP contribution is -1.98. The van der Waals surface area contributed by atoms with Crippen LogP contribution >= 0.6 is 15.9 Å². The van der Waals surface area contributed by atoms with Crippen LogP contribution in [-0.2, 0) is 11.2 Å². The Balaban J connectivity index is 2.35. The fourth-order valence-corrected chi connectivity index (χ4v) is 1.95. The third-order valence-electron chi connectivity index (χ3n) is 2.35. The van der Waals surface area contributed by atoms with E-state index in [2.05, 4.69) is 32.8 Å². The number of hydrogen-bond acceptors (Lipinski definition) is 2. The van der Waals surface area contributed by atoms with Crippen molar-refractivity contribution in [2.24, 2.45) is 0 Å². The van der Waals surface area contributed by atoms with Gasteiger partial charge in [-0.2, -0.15) is 0 Å². The van der Waals surface area contributed by atoms with E-state index in [0.717, 1.165) is 22.2 Å². The molecule has 16 heavy (non-hydrogen) atoms. The third-order valence-corrected chi connectivity index (χ3v) is 2.78. The highest BCUT2D eigenvalue weighted by molar-refractivity contribution is 9.10. The Kier molecular flexibility index (Phi) is 3.21. The summed E-state index contributed by atoms with van der Waals surface area (Å²) in [6, 6.07) is 1.92. The fraction of sp³-hybridized carbons (Fsp3) is 0.231. The zero-order valence-corrected chi connectivity index (χ0v) is 10.5. The van der Waals surface area contributed by atoms with Crippen molar-refractivity contribution in [3.8, 4) is 11.8 Å². The second-order valence-electron chi connectivity index (χ2n) is 3.45. The molecule has 2 rings (SSSR count). The molecule has 0 radical (unpaired) electrons. The highest BCUT2D eigenvalue weighted by atomic mass is 79.9. The summed E-state index contributed by atoms with van der Waals surface area (Å²) in [5.41, 5.74) is 2.54. The topological polar surface area (TPSA) is 30.0 Å². The van der Waals surface area contributed by atoms with Crippen LogP contribution < -0.4 is 0 Å². The van der Waals surface area contributed by atoms with Crippen LogP contribution in [0.3, 0.4) is 0 Å². The minimum absolute atomic E-state index is 0.111. The number of allylic oxidation sites excluding steroid dienone is 2. The molecule has 1 aliphatic rings. The molecule has 0 aromatic carbocycles. The number of nitrogens with zero attached hydrogens (tertiary/aromatic N) is 1. The SMILES string of the molecule is CCC#CC(=O)C1=CCc2ncc(Br)cc21. The first-order valence-electron chi connectivity index (χ1n) is 5.10. The van der Waals surface area contributed by atoms with E-state index in [-0.39, 0.29) is 5.78 Å². The fourth-order valence-electron chi connectivity index (χ4n) is 1.62. The molecule has 0 aliphatic heterocycles. The van der Waals surface area contributed by atoms with E-state index in [4.69, 9.17) is 0 Å². The maximum atomic E-state index is 11.8. The highest BCUT2D eigenvalue weighted by Crippen LogP contribution is 2.28. The van der Waals surface area contributed by atoms with Crippen molar-refractivity contribution >= 4 is 27.3 Å². The van der Waals surface area contributed by atoms with Crippen molar-refractivity contribution in [1.29, 1.82) is 0 Å². The van der Waals surface area contributed by atoms with E-state index >= 15 is 0 Å². The van der Waals surface area contributed by atoms with Gasteiger partial charge in [0.15, 0.2) is 0 Å². The quantitative estimate of drug-likeness (QED) is 0.583. The van der Waals surface area contributed by atoms with Crippen LogP contribution in [0.25, 0.3) is 5.57 Å². The van der Waals surface area contributed by atoms with Crippen LogP contribution in [0.5, 0.6) is 0 Å². The summed E-state index contributed by atoms with van der Waals surface area (Å²) in [5.74, 6) is 5.32. The number of rotatable bonds is 1. The van der Waals surface area contributed by atoms with E-state index in [1.807, 2.05) is 19.1 Å². The molecule has 0 amide bonds. The lowest BCUT2D eigenvalue weighted by molar-refractivity contribution is -0.108. The van der Waals surface area contributed by atoms with Gasteiger partial charge in [0.25, 0.3) is 0 Å². The number of aromatic nitrogens is 1. The number of Topliss-reactive ketones (excluding diaryl/α,β-unsaturated/α-hetero) is 1. The van der Waals surface area contributed by atoms with Gasteiger partial charge in [-0.15, -0.1) is 0 Å². The molecule has 1 heterocycles. The molecule has 0 saturated heterocycles. The van der Waals surface area contributed by atoms with E-state index < -0.39 is 0 Å². The molecule has 0 bridgehead atoms. The Morgan fingerprint density at radius 1 is 1.62 bits per heavy atom. The Morgan fingerprint density at radius 3 is 3.19 bits per heavy atom. The lowest BCUT2D eigenvalue weighted by Gasteiger charge is -2.01. The van der Waals surface area contributed by atoms with E-state index in [1.54, 1.807) is 6.20 Å². The number of halogens is 1. The summed E-state index contributed by atoms with van der Waals surface area (Å²) in [4.78, 5) is 16.1. The molecule has 1 aliphatic carbocycles. The molecule has 0 fully saturated rings. The standard InChI is InChI=1S/C13H10BrNO/c1-2-3-4-13(16)10-5-6-12-11(10)7-9(14)8-15-12/h5,7-8H,2,6H2,1H3. The Hall–Kier alpha value is -1.40. The summed E-state index contributed by atoms with van der Waals surface area (Å²) in [6.07, 6.45) is 5.06. The van der Waals surface area contributed by atoms with E-state index in [0.29, 0.717) is 12.0 Å². The largest absolute Gasteiger partial charge is 0.279 e. The average Bonchev–Trinajstić information content (AvgIpc) is 2.68. The van der Waals surface area contributed by atoms with Crippen LogP contribution in [-0.4, -0.2) is 10.8 Å². The Labute approximate surface area is 103 Å². The van der Waals surface area contributed by atoms with Gasteiger partial charge in [0.1, 0.15) is 0 Å². The number of fused-ring (bicyclic) bond motifs is 1. The first-order chi connectivity index (χ1) is 7.72. The predicted octanol–water partition coefficient (Wildman–Crippen LogP) is 2.77. The van der Waals surface area contributed by atoms with Crippen molar-refractivity contribution in [2.75, 3.05) is 0 Å². The molecule has 0 atom stereocenters. The molecule has 2 nitrogen and oxygen atoms in total. The molecule has 0 spiro atoms. The average molecular weight is 276 g/mol. The molecule has 0 N–H and O–H groups in total. The van der Waals surface area contributed by atoms with Crippen LogP contribution in [0.1, 0.15) is 24.6 Å². The summed E-state index contributed by atoms with van der Waals surface area (Å²) in [5, 5.41) is 0. The van der Waals surface area contributed by atoms with Gasteiger partial charge in [-0.3, -0.25) is 9.78 Å². The summed E-state index contributed by atoms with van der Waals surface area (Å²) in [7, 11) is 0. The van der Waals surface area contributed by atoms with Gasteiger partial charge < -0.3 is 0 Å². The van der Waals surface area contributed by atoms with Gasteiger partial charge in [0, 0.05) is 34.6 Å². The smallest absolute Gasteiger partial charge is 0.236 e. The molecule has 0 saturated carbocycles. The second kappa shape index (κ2) is 4.63. The van der Waals surface area contributed by atoms with Crippen molar-refractivity contribution in [1.82, 2.24) is 4.98 Å². The summed E-state index contributed by atoms with van der Waals surface area (Å²) in [6.45, 7) is 1.93. The molecule has 3 heteroatoms. The second-order valence-corrected chi connectivity index (χ2v) is 4.37. The van der Waals surface area contributed by atoms with Gasteiger partial charge in [0.05, 0.1) is 5.69 Å². The molecule has 80 valence electrons. The predicted molar refractivity (Wildman–Crippen MR) is 66.7 cm³/mol. The number of hydrogen-bond donors (Lipinski definition) is 0. The highest BCUT2D eigenvalue weighted by Gasteiger charge is 2.20. The lowest BCUT2D eigenvalue weighted by atomic mass is 10.1. The maximum Gasteiger partial charge on any atom is 0.236 e. The molecule has 0 unspecified atom stereocenters. The Morgan fingerprint density at radius 2 is 2.44 bits per heavy atom. The third kappa shape index (κ3) is 2.07. The van der Waals surface area contributed by atoms with Crippen molar-refractivity contribution in [3.63, 3.8) is 0 Å². The van der Waals surface area contributed by atoms with Gasteiger partial charge in [-0.25, -0.2) is 0 Å². The summed E-state index contributed by atoms with van der Waals surface area (Å²) < 4.78 is 0.885.